The molecule has 1 aliphatic heterocycles. The summed E-state index contributed by atoms with van der Waals surface area (Å²) in [4.78, 5) is 18.9. The van der Waals surface area contributed by atoms with Crippen molar-refractivity contribution in [2.45, 2.75) is 6.04 Å². The van der Waals surface area contributed by atoms with Crippen LogP contribution in [0.3, 0.4) is 0 Å². The molecule has 0 spiro atoms. The van der Waals surface area contributed by atoms with Gasteiger partial charge in [0.2, 0.25) is 5.91 Å². The van der Waals surface area contributed by atoms with Crippen molar-refractivity contribution >= 4 is 23.2 Å². The van der Waals surface area contributed by atoms with Gasteiger partial charge in [0.05, 0.1) is 19.3 Å². The molecule has 25 heavy (non-hydrogen) atoms. The lowest BCUT2D eigenvalue weighted by molar-refractivity contribution is -0.118. The molecule has 3 rings (SSSR count). The SMILES string of the molecule is COc1ccc(Cl)cc1NC(=O)CN1CCNCC1c1cccnc1. The van der Waals surface area contributed by atoms with Crippen LogP contribution in [-0.4, -0.2) is 49.1 Å². The number of ether oxygens (including phenoxy) is 1. The Labute approximate surface area is 152 Å². The first-order valence-corrected chi connectivity index (χ1v) is 8.53. The zero-order valence-electron chi connectivity index (χ0n) is 14.0. The van der Waals surface area contributed by atoms with Crippen LogP contribution in [0.5, 0.6) is 5.75 Å². The number of benzene rings is 1. The van der Waals surface area contributed by atoms with Crippen molar-refractivity contribution in [1.29, 1.82) is 0 Å². The molecule has 6 nitrogen and oxygen atoms in total. The van der Waals surface area contributed by atoms with Gasteiger partial charge in [-0.1, -0.05) is 17.7 Å². The molecule has 0 bridgehead atoms. The number of anilines is 1. The first kappa shape index (κ1) is 17.7. The van der Waals surface area contributed by atoms with E-state index in [2.05, 4.69) is 20.5 Å². The number of nitrogens with zero attached hydrogens (tertiary/aromatic N) is 2. The summed E-state index contributed by atoms with van der Waals surface area (Å²) in [6.45, 7) is 2.72. The van der Waals surface area contributed by atoms with E-state index in [0.29, 0.717) is 16.5 Å². The van der Waals surface area contributed by atoms with Crippen molar-refractivity contribution in [2.75, 3.05) is 38.6 Å². The zero-order valence-corrected chi connectivity index (χ0v) is 14.8. The molecular formula is C18H21ClN4O2. The van der Waals surface area contributed by atoms with Gasteiger partial charge in [-0.2, -0.15) is 0 Å². The topological polar surface area (TPSA) is 66.5 Å². The summed E-state index contributed by atoms with van der Waals surface area (Å²) in [5.41, 5.74) is 1.68. The van der Waals surface area contributed by atoms with Crippen LogP contribution >= 0.6 is 11.6 Å². The Bertz CT molecular complexity index is 726. The van der Waals surface area contributed by atoms with Gasteiger partial charge in [0, 0.05) is 43.1 Å². The lowest BCUT2D eigenvalue weighted by Crippen LogP contribution is -2.48. The number of pyridine rings is 1. The van der Waals surface area contributed by atoms with Gasteiger partial charge in [0.25, 0.3) is 0 Å². The van der Waals surface area contributed by atoms with Crippen LogP contribution in [0.2, 0.25) is 5.02 Å². The average Bonchev–Trinajstić information content (AvgIpc) is 2.63. The minimum atomic E-state index is -0.101. The van der Waals surface area contributed by atoms with Crippen molar-refractivity contribution in [3.05, 3.63) is 53.3 Å². The van der Waals surface area contributed by atoms with Crippen LogP contribution in [0.25, 0.3) is 0 Å². The van der Waals surface area contributed by atoms with Crippen LogP contribution in [0.15, 0.2) is 42.7 Å². The number of hydrogen-bond acceptors (Lipinski definition) is 5. The fourth-order valence-corrected chi connectivity index (χ4v) is 3.16. The largest absolute Gasteiger partial charge is 0.495 e. The normalized spacial score (nSPS) is 17.9. The molecule has 1 aromatic heterocycles. The van der Waals surface area contributed by atoms with Crippen molar-refractivity contribution in [3.63, 3.8) is 0 Å². The van der Waals surface area contributed by atoms with E-state index in [9.17, 15) is 4.79 Å². The van der Waals surface area contributed by atoms with E-state index in [0.717, 1.165) is 25.2 Å². The Morgan fingerprint density at radius 1 is 1.48 bits per heavy atom. The molecule has 1 aromatic carbocycles. The number of carbonyl (C=O) groups excluding carboxylic acids is 1. The highest BCUT2D eigenvalue weighted by molar-refractivity contribution is 6.31. The van der Waals surface area contributed by atoms with E-state index >= 15 is 0 Å². The van der Waals surface area contributed by atoms with Crippen LogP contribution in [0.1, 0.15) is 11.6 Å². The summed E-state index contributed by atoms with van der Waals surface area (Å²) in [6.07, 6.45) is 3.60. The van der Waals surface area contributed by atoms with Gasteiger partial charge in [-0.25, -0.2) is 0 Å². The average molecular weight is 361 g/mol. The van der Waals surface area contributed by atoms with Gasteiger partial charge in [0.15, 0.2) is 0 Å². The molecule has 1 saturated heterocycles. The Hall–Kier alpha value is -2.15. The van der Waals surface area contributed by atoms with E-state index in [-0.39, 0.29) is 18.5 Å². The third-order valence-corrected chi connectivity index (χ3v) is 4.44. The Balaban J connectivity index is 1.70. The van der Waals surface area contributed by atoms with Gasteiger partial charge in [0.1, 0.15) is 5.75 Å². The lowest BCUT2D eigenvalue weighted by atomic mass is 10.1. The van der Waals surface area contributed by atoms with Crippen LogP contribution in [-0.2, 0) is 4.79 Å². The minimum Gasteiger partial charge on any atom is -0.495 e. The summed E-state index contributed by atoms with van der Waals surface area (Å²) >= 11 is 6.02. The van der Waals surface area contributed by atoms with E-state index in [1.165, 1.54) is 0 Å². The standard InChI is InChI=1S/C18H21ClN4O2/c1-25-17-5-4-14(19)9-15(17)22-18(24)12-23-8-7-21-11-16(23)13-3-2-6-20-10-13/h2-6,9-10,16,21H,7-8,11-12H2,1H3,(H,22,24). The highest BCUT2D eigenvalue weighted by Gasteiger charge is 2.25. The third kappa shape index (κ3) is 4.48. The summed E-state index contributed by atoms with van der Waals surface area (Å²) in [6, 6.07) is 9.23. The molecule has 0 radical (unpaired) electrons. The fourth-order valence-electron chi connectivity index (χ4n) is 2.99. The molecule has 7 heteroatoms. The molecule has 2 N–H and O–H groups in total. The number of rotatable bonds is 5. The van der Waals surface area contributed by atoms with Crippen molar-refractivity contribution in [3.8, 4) is 5.75 Å². The number of halogens is 1. The molecule has 0 aliphatic carbocycles. The molecular weight excluding hydrogens is 340 g/mol. The van der Waals surface area contributed by atoms with Crippen molar-refractivity contribution < 1.29 is 9.53 Å². The smallest absolute Gasteiger partial charge is 0.238 e. The zero-order chi connectivity index (χ0) is 17.6. The second kappa shape index (κ2) is 8.29. The second-order valence-electron chi connectivity index (χ2n) is 5.87. The molecule has 2 aromatic rings. The fraction of sp³-hybridized carbons (Fsp3) is 0.333. The van der Waals surface area contributed by atoms with Gasteiger partial charge >= 0.3 is 0 Å². The number of carbonyl (C=O) groups is 1. The van der Waals surface area contributed by atoms with Crippen LogP contribution < -0.4 is 15.4 Å². The minimum absolute atomic E-state index is 0.101. The number of nitrogens with one attached hydrogen (secondary N) is 2. The first-order chi connectivity index (χ1) is 12.2. The maximum atomic E-state index is 12.5. The molecule has 1 amide bonds. The number of amides is 1. The van der Waals surface area contributed by atoms with Gasteiger partial charge in [-0.05, 0) is 29.8 Å². The summed E-state index contributed by atoms with van der Waals surface area (Å²) in [5.74, 6) is 0.484. The maximum Gasteiger partial charge on any atom is 0.238 e. The van der Waals surface area contributed by atoms with E-state index in [4.69, 9.17) is 16.3 Å². The monoisotopic (exact) mass is 360 g/mol. The lowest BCUT2D eigenvalue weighted by Gasteiger charge is -2.35. The molecule has 1 unspecified atom stereocenters. The summed E-state index contributed by atoms with van der Waals surface area (Å²) in [5, 5.41) is 6.82. The molecule has 0 saturated carbocycles. The highest BCUT2D eigenvalue weighted by atomic mass is 35.5. The highest BCUT2D eigenvalue weighted by Crippen LogP contribution is 2.28. The predicted molar refractivity (Wildman–Crippen MR) is 98.1 cm³/mol. The van der Waals surface area contributed by atoms with Gasteiger partial charge < -0.3 is 15.4 Å². The predicted octanol–water partition coefficient (Wildman–Crippen LogP) is 2.33. The van der Waals surface area contributed by atoms with Gasteiger partial charge in [-0.15, -0.1) is 0 Å². The number of hydrogen-bond donors (Lipinski definition) is 2. The number of methoxy groups -OCH3 is 1. The molecule has 1 aliphatic rings. The maximum absolute atomic E-state index is 12.5. The Kier molecular flexibility index (Phi) is 5.86. The van der Waals surface area contributed by atoms with Crippen LogP contribution in [0, 0.1) is 0 Å². The quantitative estimate of drug-likeness (QED) is 0.856. The summed E-state index contributed by atoms with van der Waals surface area (Å²) < 4.78 is 5.28. The van der Waals surface area contributed by atoms with E-state index in [1.54, 1.807) is 31.5 Å². The van der Waals surface area contributed by atoms with Crippen molar-refractivity contribution in [1.82, 2.24) is 15.2 Å². The van der Waals surface area contributed by atoms with E-state index in [1.807, 2.05) is 18.3 Å². The summed E-state index contributed by atoms with van der Waals surface area (Å²) in [7, 11) is 1.56. The van der Waals surface area contributed by atoms with Gasteiger partial charge in [-0.3, -0.25) is 14.7 Å². The van der Waals surface area contributed by atoms with E-state index < -0.39 is 0 Å². The molecule has 2 heterocycles. The molecule has 132 valence electrons. The number of aromatic nitrogens is 1. The number of piperazine rings is 1. The third-order valence-electron chi connectivity index (χ3n) is 4.21. The Morgan fingerprint density at radius 3 is 3.12 bits per heavy atom. The van der Waals surface area contributed by atoms with Crippen molar-refractivity contribution in [2.24, 2.45) is 0 Å². The van der Waals surface area contributed by atoms with Crippen LogP contribution in [0.4, 0.5) is 5.69 Å². The Morgan fingerprint density at radius 2 is 2.36 bits per heavy atom. The molecule has 1 atom stereocenters. The first-order valence-electron chi connectivity index (χ1n) is 8.15. The second-order valence-corrected chi connectivity index (χ2v) is 6.31. The molecule has 1 fully saturated rings.